The molecule has 0 bridgehead atoms. The second-order valence-electron chi connectivity index (χ2n) is 5.30. The molecule has 0 aliphatic heterocycles. The van der Waals surface area contributed by atoms with Gasteiger partial charge in [-0.15, -0.1) is 0 Å². The minimum Gasteiger partial charge on any atom is -0.366 e. The molecule has 0 saturated carbocycles. The van der Waals surface area contributed by atoms with Crippen molar-refractivity contribution in [3.05, 3.63) is 58.6 Å². The Kier molecular flexibility index (Phi) is 5.78. The van der Waals surface area contributed by atoms with Gasteiger partial charge in [0, 0.05) is 12.1 Å². The Morgan fingerprint density at radius 3 is 2.28 bits per heavy atom. The first-order valence-corrected chi connectivity index (χ1v) is 9.10. The molecule has 0 spiro atoms. The highest BCUT2D eigenvalue weighted by molar-refractivity contribution is 7.89. The van der Waals surface area contributed by atoms with Crippen molar-refractivity contribution in [1.29, 1.82) is 0 Å². The van der Waals surface area contributed by atoms with Crippen LogP contribution in [-0.2, 0) is 21.2 Å². The van der Waals surface area contributed by atoms with E-state index in [9.17, 15) is 18.0 Å². The molecule has 132 valence electrons. The third kappa shape index (κ3) is 5.28. The molecule has 0 aliphatic rings. The fourth-order valence-electron chi connectivity index (χ4n) is 2.12. The third-order valence-corrected chi connectivity index (χ3v) is 4.67. The zero-order valence-corrected chi connectivity index (χ0v) is 14.6. The highest BCUT2D eigenvalue weighted by Gasteiger charge is 2.10. The molecule has 0 radical (unpaired) electrons. The normalized spacial score (nSPS) is 11.1. The summed E-state index contributed by atoms with van der Waals surface area (Å²) in [5, 5.41) is 7.88. The van der Waals surface area contributed by atoms with Gasteiger partial charge in [0.2, 0.25) is 21.8 Å². The first-order chi connectivity index (χ1) is 11.7. The molecule has 2 aromatic carbocycles. The second-order valence-corrected chi connectivity index (χ2v) is 7.26. The summed E-state index contributed by atoms with van der Waals surface area (Å²) in [6.45, 7) is 0. The lowest BCUT2D eigenvalue weighted by Gasteiger charge is -2.08. The van der Waals surface area contributed by atoms with E-state index in [1.807, 2.05) is 0 Å². The standard InChI is InChI=1S/C16H16ClN3O4S/c17-14-7-4-11(9-13(14)16(18)22)20-15(21)8-3-10-1-5-12(6-2-10)25(19,23)24/h1-2,4-7,9H,3,8H2,(H2,18,22)(H,20,21)(H2,19,23,24). The number of hydrogen-bond donors (Lipinski definition) is 3. The predicted octanol–water partition coefficient (Wildman–Crippen LogP) is 1.66. The first-order valence-electron chi connectivity index (χ1n) is 7.18. The van der Waals surface area contributed by atoms with Crippen LogP contribution in [0.15, 0.2) is 47.4 Å². The zero-order chi connectivity index (χ0) is 18.6. The minimum atomic E-state index is -3.73. The van der Waals surface area contributed by atoms with Crippen LogP contribution in [0.2, 0.25) is 5.02 Å². The molecule has 0 unspecified atom stereocenters. The van der Waals surface area contributed by atoms with E-state index in [0.717, 1.165) is 5.56 Å². The molecule has 2 aromatic rings. The number of nitrogens with one attached hydrogen (secondary N) is 1. The van der Waals surface area contributed by atoms with Crippen molar-refractivity contribution in [3.63, 3.8) is 0 Å². The van der Waals surface area contributed by atoms with Crippen LogP contribution in [0.4, 0.5) is 5.69 Å². The second kappa shape index (κ2) is 7.64. The van der Waals surface area contributed by atoms with Crippen LogP contribution in [-0.4, -0.2) is 20.2 Å². The van der Waals surface area contributed by atoms with Gasteiger partial charge in [0.25, 0.3) is 0 Å². The molecule has 2 amide bonds. The van der Waals surface area contributed by atoms with Crippen molar-refractivity contribution < 1.29 is 18.0 Å². The zero-order valence-electron chi connectivity index (χ0n) is 13.0. The van der Waals surface area contributed by atoms with Gasteiger partial charge < -0.3 is 11.1 Å². The van der Waals surface area contributed by atoms with Gasteiger partial charge >= 0.3 is 0 Å². The average Bonchev–Trinajstić information content (AvgIpc) is 2.54. The number of carbonyl (C=O) groups is 2. The number of hydrogen-bond acceptors (Lipinski definition) is 4. The number of halogens is 1. The van der Waals surface area contributed by atoms with Crippen molar-refractivity contribution in [3.8, 4) is 0 Å². The number of primary sulfonamides is 1. The van der Waals surface area contributed by atoms with E-state index >= 15 is 0 Å². The largest absolute Gasteiger partial charge is 0.366 e. The van der Waals surface area contributed by atoms with Gasteiger partial charge in [0.15, 0.2) is 0 Å². The highest BCUT2D eigenvalue weighted by atomic mass is 35.5. The van der Waals surface area contributed by atoms with Crippen molar-refractivity contribution in [2.45, 2.75) is 17.7 Å². The molecule has 0 saturated heterocycles. The topological polar surface area (TPSA) is 132 Å². The Morgan fingerprint density at radius 2 is 1.72 bits per heavy atom. The molecular weight excluding hydrogens is 366 g/mol. The molecule has 2 rings (SSSR count). The van der Waals surface area contributed by atoms with E-state index in [1.165, 1.54) is 24.3 Å². The maximum Gasteiger partial charge on any atom is 0.250 e. The molecule has 0 atom stereocenters. The predicted molar refractivity (Wildman–Crippen MR) is 94.7 cm³/mol. The Morgan fingerprint density at radius 1 is 1.08 bits per heavy atom. The number of amides is 2. The van der Waals surface area contributed by atoms with E-state index in [4.69, 9.17) is 22.5 Å². The fourth-order valence-corrected chi connectivity index (χ4v) is 2.85. The summed E-state index contributed by atoms with van der Waals surface area (Å²) in [7, 11) is -3.73. The van der Waals surface area contributed by atoms with E-state index in [2.05, 4.69) is 5.32 Å². The van der Waals surface area contributed by atoms with Gasteiger partial charge in [-0.25, -0.2) is 13.6 Å². The lowest BCUT2D eigenvalue weighted by molar-refractivity contribution is -0.116. The molecule has 0 heterocycles. The molecule has 0 aromatic heterocycles. The number of benzene rings is 2. The number of nitrogens with two attached hydrogens (primary N) is 2. The monoisotopic (exact) mass is 381 g/mol. The molecular formula is C16H16ClN3O4S. The Balaban J connectivity index is 1.97. The minimum absolute atomic E-state index is 0.0147. The Bertz CT molecular complexity index is 911. The molecule has 0 fully saturated rings. The lowest BCUT2D eigenvalue weighted by Crippen LogP contribution is -2.15. The number of aryl methyl sites for hydroxylation is 1. The molecule has 25 heavy (non-hydrogen) atoms. The van der Waals surface area contributed by atoms with E-state index in [-0.39, 0.29) is 27.8 Å². The van der Waals surface area contributed by atoms with Crippen LogP contribution in [0, 0.1) is 0 Å². The van der Waals surface area contributed by atoms with Crippen LogP contribution in [0.25, 0.3) is 0 Å². The number of rotatable bonds is 6. The van der Waals surface area contributed by atoms with Crippen molar-refractivity contribution >= 4 is 39.1 Å². The van der Waals surface area contributed by atoms with Crippen LogP contribution in [0.1, 0.15) is 22.3 Å². The summed E-state index contributed by atoms with van der Waals surface area (Å²) >= 11 is 5.85. The van der Waals surface area contributed by atoms with Gasteiger partial charge in [0.1, 0.15) is 0 Å². The van der Waals surface area contributed by atoms with Crippen LogP contribution >= 0.6 is 11.6 Å². The molecule has 0 aliphatic carbocycles. The fraction of sp³-hybridized carbons (Fsp3) is 0.125. The van der Waals surface area contributed by atoms with Gasteiger partial charge in [-0.3, -0.25) is 9.59 Å². The maximum atomic E-state index is 12.0. The van der Waals surface area contributed by atoms with Crippen LogP contribution in [0.3, 0.4) is 0 Å². The molecule has 7 nitrogen and oxygen atoms in total. The van der Waals surface area contributed by atoms with Crippen LogP contribution < -0.4 is 16.2 Å². The quantitative estimate of drug-likeness (QED) is 0.701. The van der Waals surface area contributed by atoms with Crippen molar-refractivity contribution in [1.82, 2.24) is 0 Å². The number of primary amides is 1. The van der Waals surface area contributed by atoms with Gasteiger partial charge in [0.05, 0.1) is 15.5 Å². The lowest BCUT2D eigenvalue weighted by atomic mass is 10.1. The number of carbonyl (C=O) groups excluding carboxylic acids is 2. The van der Waals surface area contributed by atoms with E-state index in [1.54, 1.807) is 18.2 Å². The number of anilines is 1. The van der Waals surface area contributed by atoms with Crippen molar-refractivity contribution in [2.24, 2.45) is 10.9 Å². The number of sulfonamides is 1. The molecule has 5 N–H and O–H groups in total. The van der Waals surface area contributed by atoms with Crippen LogP contribution in [0.5, 0.6) is 0 Å². The summed E-state index contributed by atoms with van der Waals surface area (Å²) in [5.74, 6) is -0.954. The first kappa shape index (κ1) is 18.9. The Labute approximate surface area is 150 Å². The van der Waals surface area contributed by atoms with Gasteiger partial charge in [-0.05, 0) is 42.3 Å². The summed E-state index contributed by atoms with van der Waals surface area (Å²) in [6.07, 6.45) is 0.580. The van der Waals surface area contributed by atoms with E-state index in [0.29, 0.717) is 12.1 Å². The van der Waals surface area contributed by atoms with E-state index < -0.39 is 15.9 Å². The summed E-state index contributed by atoms with van der Waals surface area (Å²) < 4.78 is 22.4. The molecule has 9 heteroatoms. The SMILES string of the molecule is NC(=O)c1cc(NC(=O)CCc2ccc(S(N)(=O)=O)cc2)ccc1Cl. The summed E-state index contributed by atoms with van der Waals surface area (Å²) in [6, 6.07) is 10.4. The van der Waals surface area contributed by atoms with Gasteiger partial charge in [-0.1, -0.05) is 23.7 Å². The third-order valence-electron chi connectivity index (χ3n) is 3.41. The van der Waals surface area contributed by atoms with Crippen molar-refractivity contribution in [2.75, 3.05) is 5.32 Å². The summed E-state index contributed by atoms with van der Waals surface area (Å²) in [4.78, 5) is 23.3. The smallest absolute Gasteiger partial charge is 0.250 e. The highest BCUT2D eigenvalue weighted by Crippen LogP contribution is 2.20. The average molecular weight is 382 g/mol. The summed E-state index contributed by atoms with van der Waals surface area (Å²) in [5.41, 5.74) is 6.53. The Hall–Kier alpha value is -2.42. The maximum absolute atomic E-state index is 12.0. The van der Waals surface area contributed by atoms with Gasteiger partial charge in [-0.2, -0.15) is 0 Å².